The molecule has 0 aliphatic carbocycles. The number of carbonyl (C=O) groups excluding carboxylic acids is 2. The number of sulfonamides is 1. The highest BCUT2D eigenvalue weighted by molar-refractivity contribution is 7.89. The third-order valence-electron chi connectivity index (χ3n) is 3.77. The maximum Gasteiger partial charge on any atom is 0.242 e. The van der Waals surface area contributed by atoms with E-state index in [0.29, 0.717) is 13.1 Å². The predicted octanol–water partition coefficient (Wildman–Crippen LogP) is -1.14. The van der Waals surface area contributed by atoms with Crippen molar-refractivity contribution in [1.82, 2.24) is 19.8 Å². The van der Waals surface area contributed by atoms with E-state index in [0.717, 1.165) is 13.1 Å². The Hall–Kier alpha value is -1.97. The van der Waals surface area contributed by atoms with Gasteiger partial charge in [0.2, 0.25) is 21.8 Å². The average molecular weight is 354 g/mol. The summed E-state index contributed by atoms with van der Waals surface area (Å²) in [7, 11) is -1.74. The molecule has 0 saturated carbocycles. The van der Waals surface area contributed by atoms with Crippen molar-refractivity contribution in [2.75, 3.05) is 46.3 Å². The second-order valence-corrected chi connectivity index (χ2v) is 7.37. The Morgan fingerprint density at radius 1 is 1.04 bits per heavy atom. The van der Waals surface area contributed by atoms with E-state index in [1.54, 1.807) is 23.1 Å². The van der Waals surface area contributed by atoms with Crippen molar-refractivity contribution in [3.63, 3.8) is 0 Å². The van der Waals surface area contributed by atoms with Gasteiger partial charge in [0.05, 0.1) is 18.0 Å². The van der Waals surface area contributed by atoms with Gasteiger partial charge >= 0.3 is 0 Å². The summed E-state index contributed by atoms with van der Waals surface area (Å²) < 4.78 is 26.2. The van der Waals surface area contributed by atoms with Gasteiger partial charge in [0.1, 0.15) is 0 Å². The van der Waals surface area contributed by atoms with Crippen molar-refractivity contribution < 1.29 is 18.0 Å². The average Bonchev–Trinajstić information content (AvgIpc) is 2.59. The summed E-state index contributed by atoms with van der Waals surface area (Å²) >= 11 is 0. The van der Waals surface area contributed by atoms with Gasteiger partial charge in [-0.2, -0.15) is 0 Å². The van der Waals surface area contributed by atoms with E-state index in [9.17, 15) is 18.0 Å². The first-order valence-electron chi connectivity index (χ1n) is 7.66. The lowest BCUT2D eigenvalue weighted by Gasteiger charge is -2.32. The Morgan fingerprint density at radius 2 is 1.67 bits per heavy atom. The van der Waals surface area contributed by atoms with Crippen LogP contribution in [0.3, 0.4) is 0 Å². The quantitative estimate of drug-likeness (QED) is 0.673. The fraction of sp³-hybridized carbons (Fsp3) is 0.467. The zero-order valence-corrected chi connectivity index (χ0v) is 14.4. The summed E-state index contributed by atoms with van der Waals surface area (Å²) in [4.78, 5) is 27.6. The van der Waals surface area contributed by atoms with Gasteiger partial charge in [0.25, 0.3) is 0 Å². The van der Waals surface area contributed by atoms with Gasteiger partial charge in [0, 0.05) is 26.2 Å². The molecule has 2 N–H and O–H groups in total. The molecule has 1 aliphatic rings. The van der Waals surface area contributed by atoms with Gasteiger partial charge in [-0.25, -0.2) is 13.1 Å². The number of hydrogen-bond donors (Lipinski definition) is 2. The number of rotatable bonds is 6. The maximum absolute atomic E-state index is 12.0. The maximum atomic E-state index is 12.0. The van der Waals surface area contributed by atoms with Crippen LogP contribution in [-0.2, 0) is 19.6 Å². The lowest BCUT2D eigenvalue weighted by molar-refractivity contribution is -0.133. The monoisotopic (exact) mass is 354 g/mol. The van der Waals surface area contributed by atoms with E-state index in [-0.39, 0.29) is 17.3 Å². The molecule has 2 amide bonds. The Labute approximate surface area is 141 Å². The highest BCUT2D eigenvalue weighted by Gasteiger charge is 2.20. The summed E-state index contributed by atoms with van der Waals surface area (Å²) in [5.74, 6) is -0.709. The number of hydrogen-bond acceptors (Lipinski definition) is 5. The van der Waals surface area contributed by atoms with Crippen LogP contribution in [0.1, 0.15) is 0 Å². The summed E-state index contributed by atoms with van der Waals surface area (Å²) in [6.07, 6.45) is 0. The SMILES string of the molecule is CN1CCN(C(=O)CNC(=O)CNS(=O)(=O)c2ccccc2)CC1. The Kier molecular flexibility index (Phi) is 6.29. The highest BCUT2D eigenvalue weighted by atomic mass is 32.2. The minimum atomic E-state index is -3.73. The normalized spacial score (nSPS) is 16.0. The van der Waals surface area contributed by atoms with E-state index in [1.807, 2.05) is 7.05 Å². The van der Waals surface area contributed by atoms with Crippen molar-refractivity contribution in [2.24, 2.45) is 0 Å². The summed E-state index contributed by atoms with van der Waals surface area (Å²) in [5, 5.41) is 2.44. The smallest absolute Gasteiger partial charge is 0.242 e. The zero-order chi connectivity index (χ0) is 17.6. The first-order valence-corrected chi connectivity index (χ1v) is 9.14. The van der Waals surface area contributed by atoms with E-state index in [2.05, 4.69) is 14.9 Å². The van der Waals surface area contributed by atoms with Gasteiger partial charge in [-0.05, 0) is 19.2 Å². The first-order chi connectivity index (χ1) is 11.4. The van der Waals surface area contributed by atoms with Crippen LogP contribution in [0.4, 0.5) is 0 Å². The first kappa shape index (κ1) is 18.4. The fourth-order valence-electron chi connectivity index (χ4n) is 2.25. The number of piperazine rings is 1. The molecule has 24 heavy (non-hydrogen) atoms. The summed E-state index contributed by atoms with van der Waals surface area (Å²) in [6.45, 7) is 2.33. The molecule has 132 valence electrons. The Morgan fingerprint density at radius 3 is 2.29 bits per heavy atom. The molecule has 9 heteroatoms. The highest BCUT2D eigenvalue weighted by Crippen LogP contribution is 2.06. The second kappa shape index (κ2) is 8.22. The predicted molar refractivity (Wildman–Crippen MR) is 88.7 cm³/mol. The van der Waals surface area contributed by atoms with Crippen LogP contribution in [0.5, 0.6) is 0 Å². The van der Waals surface area contributed by atoms with Crippen LogP contribution < -0.4 is 10.0 Å². The molecule has 1 fully saturated rings. The number of amides is 2. The lowest BCUT2D eigenvalue weighted by atomic mass is 10.3. The van der Waals surface area contributed by atoms with Crippen molar-refractivity contribution in [3.05, 3.63) is 30.3 Å². The van der Waals surface area contributed by atoms with Crippen molar-refractivity contribution >= 4 is 21.8 Å². The molecule has 0 atom stereocenters. The van der Waals surface area contributed by atoms with Crippen LogP contribution >= 0.6 is 0 Å². The molecule has 2 rings (SSSR count). The van der Waals surface area contributed by atoms with Crippen LogP contribution in [0, 0.1) is 0 Å². The number of nitrogens with one attached hydrogen (secondary N) is 2. The van der Waals surface area contributed by atoms with Crippen molar-refractivity contribution in [1.29, 1.82) is 0 Å². The molecular weight excluding hydrogens is 332 g/mol. The molecule has 8 nitrogen and oxygen atoms in total. The van der Waals surface area contributed by atoms with Crippen molar-refractivity contribution in [2.45, 2.75) is 4.90 Å². The van der Waals surface area contributed by atoms with Crippen LogP contribution in [0.25, 0.3) is 0 Å². The minimum Gasteiger partial charge on any atom is -0.346 e. The molecule has 1 heterocycles. The van der Waals surface area contributed by atoms with Crippen LogP contribution in [-0.4, -0.2) is 76.3 Å². The molecular formula is C15H22N4O4S. The Balaban J connectivity index is 1.74. The molecule has 1 aromatic rings. The Bertz CT molecular complexity index is 670. The molecule has 0 spiro atoms. The van der Waals surface area contributed by atoms with E-state index < -0.39 is 22.5 Å². The molecule has 0 unspecified atom stereocenters. The minimum absolute atomic E-state index is 0.0892. The van der Waals surface area contributed by atoms with Gasteiger partial charge in [0.15, 0.2) is 0 Å². The van der Waals surface area contributed by atoms with E-state index in [1.165, 1.54) is 12.1 Å². The molecule has 0 radical (unpaired) electrons. The number of nitrogens with zero attached hydrogens (tertiary/aromatic N) is 2. The van der Waals surface area contributed by atoms with Crippen LogP contribution in [0.15, 0.2) is 35.2 Å². The molecule has 1 aliphatic heterocycles. The van der Waals surface area contributed by atoms with Crippen LogP contribution in [0.2, 0.25) is 0 Å². The third kappa shape index (κ3) is 5.29. The van der Waals surface area contributed by atoms with E-state index in [4.69, 9.17) is 0 Å². The largest absolute Gasteiger partial charge is 0.346 e. The molecule has 1 aromatic carbocycles. The third-order valence-corrected chi connectivity index (χ3v) is 5.19. The fourth-order valence-corrected chi connectivity index (χ4v) is 3.25. The van der Waals surface area contributed by atoms with Gasteiger partial charge < -0.3 is 15.1 Å². The number of carbonyl (C=O) groups is 2. The second-order valence-electron chi connectivity index (χ2n) is 5.60. The zero-order valence-electron chi connectivity index (χ0n) is 13.6. The molecule has 0 bridgehead atoms. The lowest BCUT2D eigenvalue weighted by Crippen LogP contribution is -2.50. The molecule has 0 aromatic heterocycles. The van der Waals surface area contributed by atoms with Gasteiger partial charge in [-0.1, -0.05) is 18.2 Å². The van der Waals surface area contributed by atoms with Crippen molar-refractivity contribution in [3.8, 4) is 0 Å². The summed E-state index contributed by atoms with van der Waals surface area (Å²) in [5.41, 5.74) is 0. The topological polar surface area (TPSA) is 98.8 Å². The van der Waals surface area contributed by atoms with Gasteiger partial charge in [-0.15, -0.1) is 0 Å². The number of benzene rings is 1. The molecule has 1 saturated heterocycles. The number of likely N-dealkylation sites (N-methyl/N-ethyl adjacent to an activating group) is 1. The summed E-state index contributed by atoms with van der Waals surface area (Å²) in [6, 6.07) is 7.79. The van der Waals surface area contributed by atoms with E-state index >= 15 is 0 Å². The van der Waals surface area contributed by atoms with Gasteiger partial charge in [-0.3, -0.25) is 9.59 Å². The standard InChI is InChI=1S/C15H22N4O4S/c1-18-7-9-19(10-8-18)15(21)12-16-14(20)11-17-24(22,23)13-5-3-2-4-6-13/h2-6,17H,7-12H2,1H3,(H,16,20).